The molecule has 0 aromatic heterocycles. The Morgan fingerprint density at radius 2 is 1.06 bits per heavy atom. The fourth-order valence-electron chi connectivity index (χ4n) is 5.60. The minimum absolute atomic E-state index is 0. The summed E-state index contributed by atoms with van der Waals surface area (Å²) in [6.07, 6.45) is 11.6. The molecule has 282 valence electrons. The minimum Gasteiger partial charge on any atom is -0.742 e. The Kier molecular flexibility index (Phi) is 36.9. The van der Waals surface area contributed by atoms with Crippen LogP contribution in [0.2, 0.25) is 0 Å². The maximum Gasteiger partial charge on any atom is 1.00 e. The molecule has 3 heterocycles. The van der Waals surface area contributed by atoms with Crippen LogP contribution in [-0.2, 0) is 22.2 Å². The number of alkyl halides is 1. The maximum atomic E-state index is 10.9. The van der Waals surface area contributed by atoms with Crippen LogP contribution in [0.5, 0.6) is 0 Å². The molecule has 48 heavy (non-hydrogen) atoms. The summed E-state index contributed by atoms with van der Waals surface area (Å²) in [4.78, 5) is 20.1. The smallest absolute Gasteiger partial charge is 0.742 e. The van der Waals surface area contributed by atoms with Crippen molar-refractivity contribution in [2.75, 3.05) is 17.7 Å². The average Bonchev–Trinajstić information content (AvgIpc) is 3.62. The molecule has 6 unspecified atom stereocenters. The molecule has 0 spiro atoms. The van der Waals surface area contributed by atoms with Gasteiger partial charge in [-0.1, -0.05) is 90.0 Å². The second-order valence-corrected chi connectivity index (χ2v) is 37.8. The first-order chi connectivity index (χ1) is 21.5. The van der Waals surface area contributed by atoms with E-state index in [0.717, 1.165) is 51.0 Å². The van der Waals surface area contributed by atoms with Crippen LogP contribution >= 0.6 is 113 Å². The van der Waals surface area contributed by atoms with E-state index in [1.165, 1.54) is 70.1 Å². The molecule has 0 radical (unpaired) electrons. The molecule has 0 saturated carbocycles. The summed E-state index contributed by atoms with van der Waals surface area (Å²) in [5.74, 6) is 3.42. The summed E-state index contributed by atoms with van der Waals surface area (Å²) in [5.41, 5.74) is 0. The first-order valence-corrected chi connectivity index (χ1v) is 29.4. The molecule has 0 bridgehead atoms. The standard InChI is InChI=1S/C12H22OS2.C10H19BrS.C10H20OS.C2H4OS.Br3P.K/c1-9(2)11-5-6-12(4,15-11)7-8-14-10(3)13;2*1-8(2)9-4-5-10(3,12-9)6-7-11;1-2(3)4;1-4(2)3;/h9,11H,5-8H2,1-4H3;8-9H,4-7H2,1-3H3;8-9,11H,4-7H2,1-3H3;1H3,(H,3,4);;/q;;;;;+1/p-1. The van der Waals surface area contributed by atoms with Crippen molar-refractivity contribution >= 4 is 136 Å². The van der Waals surface area contributed by atoms with Crippen LogP contribution in [0.1, 0.15) is 134 Å². The van der Waals surface area contributed by atoms with Crippen LogP contribution in [0.3, 0.4) is 0 Å². The van der Waals surface area contributed by atoms with Crippen molar-refractivity contribution in [2.45, 2.75) is 164 Å². The fraction of sp³-hybridized carbons (Fsp3) is 0.941. The van der Waals surface area contributed by atoms with Gasteiger partial charge in [-0.3, -0.25) is 4.79 Å². The van der Waals surface area contributed by atoms with Gasteiger partial charge in [-0.05, 0) is 129 Å². The van der Waals surface area contributed by atoms with Crippen LogP contribution in [0.4, 0.5) is 0 Å². The van der Waals surface area contributed by atoms with Crippen molar-refractivity contribution in [3.8, 4) is 0 Å². The van der Waals surface area contributed by atoms with E-state index >= 15 is 0 Å². The molecule has 14 heteroatoms. The van der Waals surface area contributed by atoms with E-state index in [2.05, 4.69) is 173 Å². The van der Waals surface area contributed by atoms with Crippen molar-refractivity contribution in [1.29, 1.82) is 0 Å². The number of rotatable bonds is 10. The van der Waals surface area contributed by atoms with E-state index in [4.69, 9.17) is 5.11 Å². The van der Waals surface area contributed by atoms with Crippen molar-refractivity contribution < 1.29 is 66.1 Å². The van der Waals surface area contributed by atoms with Crippen LogP contribution in [0.15, 0.2) is 0 Å². The van der Waals surface area contributed by atoms with Crippen molar-refractivity contribution in [3.05, 3.63) is 0 Å². The number of aliphatic hydroxyl groups excluding tert-OH is 1. The molecule has 3 aliphatic rings. The largest absolute Gasteiger partial charge is 1.00 e. The quantitative estimate of drug-likeness (QED) is 0.101. The van der Waals surface area contributed by atoms with Crippen LogP contribution in [0, 0.1) is 17.8 Å². The van der Waals surface area contributed by atoms with E-state index in [1.807, 2.05) is 0 Å². The average molecular weight is 1070 g/mol. The zero-order valence-corrected chi connectivity index (χ0v) is 46.2. The summed E-state index contributed by atoms with van der Waals surface area (Å²) < 4.78 is 1.18. The molecule has 0 amide bonds. The van der Waals surface area contributed by atoms with E-state index < -0.39 is 0 Å². The number of halogens is 4. The molecule has 0 aromatic rings. The van der Waals surface area contributed by atoms with Crippen molar-refractivity contribution in [3.63, 3.8) is 0 Å². The van der Waals surface area contributed by atoms with Gasteiger partial charge >= 0.3 is 51.4 Å². The van der Waals surface area contributed by atoms with Gasteiger partial charge in [-0.2, -0.15) is 35.3 Å². The number of carbonyl (C=O) groups is 2. The molecular weight excluding hydrogens is 1010 g/mol. The SMILES string of the molecule is BrP(Br)Br.CC(=O)SCCC1(C)CCC(C(C)C)S1.CC(=O)[S-].CC(C)C1CCC(C)(CCBr)S1.CC(C)C1CCC(C)(CCO)S1.[K+]. The number of hydrogen-bond donors (Lipinski definition) is 1. The van der Waals surface area contributed by atoms with Gasteiger partial charge in [0.1, 0.15) is 4.03 Å². The minimum atomic E-state index is -0.250. The van der Waals surface area contributed by atoms with Crippen molar-refractivity contribution in [2.24, 2.45) is 17.8 Å². The zero-order chi connectivity index (χ0) is 37.0. The topological polar surface area (TPSA) is 54.4 Å². The third-order valence-electron chi connectivity index (χ3n) is 8.61. The fourth-order valence-corrected chi connectivity index (χ4v) is 12.8. The Labute approximate surface area is 395 Å². The molecule has 0 aliphatic carbocycles. The van der Waals surface area contributed by atoms with E-state index in [-0.39, 0.29) is 65.6 Å². The zero-order valence-electron chi connectivity index (χ0n) is 31.7. The molecule has 1 N–H and O–H groups in total. The number of thioether (sulfide) groups is 4. The van der Waals surface area contributed by atoms with Gasteiger partial charge in [0.05, 0.1) is 0 Å². The molecule has 3 aliphatic heterocycles. The van der Waals surface area contributed by atoms with Gasteiger partial charge < -0.3 is 22.5 Å². The van der Waals surface area contributed by atoms with Gasteiger partial charge in [0.2, 0.25) is 0 Å². The van der Waals surface area contributed by atoms with Crippen LogP contribution in [-0.4, -0.2) is 63.0 Å². The molecular formula is C34H64Br4KO3PS5. The first kappa shape index (κ1) is 57.2. The second kappa shape index (κ2) is 31.0. The second-order valence-electron chi connectivity index (χ2n) is 14.4. The van der Waals surface area contributed by atoms with Crippen molar-refractivity contribution in [1.82, 2.24) is 0 Å². The van der Waals surface area contributed by atoms with E-state index in [9.17, 15) is 9.59 Å². The van der Waals surface area contributed by atoms with Gasteiger partial charge in [0.15, 0.2) is 5.12 Å². The summed E-state index contributed by atoms with van der Waals surface area (Å²) in [6.45, 7) is 24.3. The molecule has 3 nitrogen and oxygen atoms in total. The van der Waals surface area contributed by atoms with Gasteiger partial charge in [-0.15, -0.1) is 0 Å². The normalized spacial score (nSPS) is 29.1. The van der Waals surface area contributed by atoms with Gasteiger partial charge in [0.25, 0.3) is 0 Å². The predicted octanol–water partition coefficient (Wildman–Crippen LogP) is 11.2. The summed E-state index contributed by atoms with van der Waals surface area (Å²) in [5, 5.41) is 12.6. The predicted molar refractivity (Wildman–Crippen MR) is 241 cm³/mol. The van der Waals surface area contributed by atoms with E-state index in [0.29, 0.717) is 20.8 Å². The van der Waals surface area contributed by atoms with E-state index in [1.54, 1.807) is 6.92 Å². The Morgan fingerprint density at radius 3 is 1.29 bits per heavy atom. The Morgan fingerprint density at radius 1 is 0.771 bits per heavy atom. The number of hydrogen-bond acceptors (Lipinski definition) is 8. The summed E-state index contributed by atoms with van der Waals surface area (Å²) >= 11 is 25.0. The Hall–Kier alpha value is 4.91. The number of aliphatic hydroxyl groups is 1. The first-order valence-electron chi connectivity index (χ1n) is 16.8. The Balaban J connectivity index is -0.000000566. The number of carbonyl (C=O) groups excluding carboxylic acids is 2. The monoisotopic (exact) mass is 1070 g/mol. The summed E-state index contributed by atoms with van der Waals surface area (Å²) in [7, 11) is 0. The molecule has 3 fully saturated rings. The van der Waals surface area contributed by atoms with Gasteiger partial charge in [-0.25, -0.2) is 0 Å². The maximum absolute atomic E-state index is 10.9. The van der Waals surface area contributed by atoms with Gasteiger partial charge in [0, 0.05) is 59.7 Å². The molecule has 3 saturated heterocycles. The molecule has 0 aromatic carbocycles. The summed E-state index contributed by atoms with van der Waals surface area (Å²) in [6, 6.07) is 0. The Bertz CT molecular complexity index is 827. The molecule has 6 atom stereocenters. The van der Waals surface area contributed by atoms with Crippen LogP contribution in [0.25, 0.3) is 0 Å². The van der Waals surface area contributed by atoms with Crippen LogP contribution < -0.4 is 51.4 Å². The third-order valence-corrected chi connectivity index (χ3v) is 16.0. The molecule has 3 rings (SSSR count). The third kappa shape index (κ3) is 30.1.